The summed E-state index contributed by atoms with van der Waals surface area (Å²) in [5.74, 6) is -0.451. The first-order valence-electron chi connectivity index (χ1n) is 10.6. The lowest BCUT2D eigenvalue weighted by molar-refractivity contribution is -0.274. The molecule has 12 heteroatoms. The second kappa shape index (κ2) is 8.19. The van der Waals surface area contributed by atoms with Crippen LogP contribution in [0.3, 0.4) is 0 Å². The number of alkyl halides is 3. The number of carbonyl (C=O) groups excluding carboxylic acids is 1. The first-order valence-corrected chi connectivity index (χ1v) is 10.6. The monoisotopic (exact) mass is 475 g/mol. The molecule has 2 aliphatic rings. The van der Waals surface area contributed by atoms with Gasteiger partial charge in [0.1, 0.15) is 17.4 Å². The van der Waals surface area contributed by atoms with Crippen LogP contribution >= 0.6 is 0 Å². The van der Waals surface area contributed by atoms with Gasteiger partial charge in [0.2, 0.25) is 11.8 Å². The maximum atomic E-state index is 12.3. The highest BCUT2D eigenvalue weighted by Gasteiger charge is 2.54. The summed E-state index contributed by atoms with van der Waals surface area (Å²) >= 11 is 0. The molecular weight excluding hydrogens is 455 g/mol. The van der Waals surface area contributed by atoms with E-state index >= 15 is 0 Å². The Morgan fingerprint density at radius 3 is 2.53 bits per heavy atom. The molecule has 1 spiro atoms. The molecule has 0 unspecified atom stereocenters. The summed E-state index contributed by atoms with van der Waals surface area (Å²) in [5, 5.41) is 11.1. The van der Waals surface area contributed by atoms with Gasteiger partial charge in [-0.2, -0.15) is 0 Å². The fourth-order valence-electron chi connectivity index (χ4n) is 4.61. The molecule has 0 atom stereocenters. The standard InChI is InChI=1S/C22H20F3N5O4/c23-22(24,25)34-14-5-3-12(4-6-14)18-29-30-20(33-18)28-13-8-21(9-13)10-15(11-21)32-19-16(17(26)31)2-1-7-27-19/h1-7,13,15H,8-11H2,(H2,26,31)(H,28,30). The van der Waals surface area contributed by atoms with Crippen molar-refractivity contribution in [1.82, 2.24) is 15.2 Å². The Balaban J connectivity index is 1.11. The second-order valence-electron chi connectivity index (χ2n) is 8.60. The van der Waals surface area contributed by atoms with E-state index in [9.17, 15) is 18.0 Å². The zero-order valence-electron chi connectivity index (χ0n) is 17.7. The van der Waals surface area contributed by atoms with E-state index in [1.54, 1.807) is 18.3 Å². The Hall–Kier alpha value is -3.83. The van der Waals surface area contributed by atoms with Gasteiger partial charge in [0.15, 0.2) is 0 Å². The number of anilines is 1. The van der Waals surface area contributed by atoms with Crippen molar-refractivity contribution in [3.63, 3.8) is 0 Å². The number of ether oxygens (including phenoxy) is 2. The minimum Gasteiger partial charge on any atom is -0.474 e. The van der Waals surface area contributed by atoms with Crippen LogP contribution in [0.4, 0.5) is 19.2 Å². The number of amides is 1. The molecule has 0 saturated heterocycles. The normalized spacial score (nSPS) is 23.6. The molecular formula is C22H20F3N5O4. The third kappa shape index (κ3) is 4.61. The van der Waals surface area contributed by atoms with Gasteiger partial charge in [-0.25, -0.2) is 4.98 Å². The fraction of sp³-hybridized carbons (Fsp3) is 0.364. The largest absolute Gasteiger partial charge is 0.573 e. The molecule has 5 rings (SSSR count). The van der Waals surface area contributed by atoms with Gasteiger partial charge in [0, 0.05) is 17.8 Å². The molecule has 2 heterocycles. The van der Waals surface area contributed by atoms with Gasteiger partial charge in [-0.3, -0.25) is 4.79 Å². The van der Waals surface area contributed by atoms with E-state index in [0.29, 0.717) is 5.56 Å². The molecule has 0 radical (unpaired) electrons. The topological polar surface area (TPSA) is 125 Å². The van der Waals surface area contributed by atoms with Crippen LogP contribution in [-0.2, 0) is 0 Å². The van der Waals surface area contributed by atoms with Crippen molar-refractivity contribution in [2.24, 2.45) is 11.1 Å². The van der Waals surface area contributed by atoms with Crippen LogP contribution in [0.1, 0.15) is 36.0 Å². The maximum Gasteiger partial charge on any atom is 0.573 e. The maximum absolute atomic E-state index is 12.3. The Morgan fingerprint density at radius 1 is 1.12 bits per heavy atom. The highest BCUT2D eigenvalue weighted by molar-refractivity contribution is 5.94. The molecule has 3 aromatic rings. The summed E-state index contributed by atoms with van der Waals surface area (Å²) in [6, 6.07) is 8.82. The number of hydrogen-bond acceptors (Lipinski definition) is 8. The first kappa shape index (κ1) is 22.0. The quantitative estimate of drug-likeness (QED) is 0.527. The van der Waals surface area contributed by atoms with Crippen LogP contribution in [0, 0.1) is 5.41 Å². The third-order valence-electron chi connectivity index (χ3n) is 6.08. The van der Waals surface area contributed by atoms with E-state index in [1.165, 1.54) is 24.3 Å². The Kier molecular flexibility index (Phi) is 5.29. The van der Waals surface area contributed by atoms with Crippen LogP contribution < -0.4 is 20.5 Å². The minimum absolute atomic E-state index is 0.0201. The Morgan fingerprint density at radius 2 is 1.85 bits per heavy atom. The molecule has 3 N–H and O–H groups in total. The van der Waals surface area contributed by atoms with Crippen molar-refractivity contribution in [2.45, 2.75) is 44.2 Å². The lowest BCUT2D eigenvalue weighted by Gasteiger charge is -2.56. The lowest BCUT2D eigenvalue weighted by Crippen LogP contribution is -2.56. The number of pyridine rings is 1. The Labute approximate surface area is 191 Å². The molecule has 9 nitrogen and oxygen atoms in total. The molecule has 1 aromatic carbocycles. The van der Waals surface area contributed by atoms with Gasteiger partial charge in [-0.1, -0.05) is 5.10 Å². The third-order valence-corrected chi connectivity index (χ3v) is 6.08. The summed E-state index contributed by atoms with van der Waals surface area (Å²) in [6.07, 6.45) is 0.290. The number of benzene rings is 1. The van der Waals surface area contributed by atoms with Gasteiger partial charge >= 0.3 is 12.4 Å². The SMILES string of the molecule is NC(=O)c1cccnc1OC1CC2(CC(Nc3nnc(-c4ccc(OC(F)(F)F)cc4)o3)C2)C1. The van der Waals surface area contributed by atoms with Gasteiger partial charge < -0.3 is 24.9 Å². The fourth-order valence-corrected chi connectivity index (χ4v) is 4.61. The van der Waals surface area contributed by atoms with Crippen LogP contribution in [0.5, 0.6) is 11.6 Å². The average molecular weight is 475 g/mol. The number of nitrogens with one attached hydrogen (secondary N) is 1. The van der Waals surface area contributed by atoms with E-state index in [2.05, 4.69) is 25.2 Å². The smallest absolute Gasteiger partial charge is 0.474 e. The number of rotatable bonds is 7. The summed E-state index contributed by atoms with van der Waals surface area (Å²) in [5.41, 5.74) is 6.28. The molecule has 34 heavy (non-hydrogen) atoms. The van der Waals surface area contributed by atoms with E-state index in [1.807, 2.05) is 0 Å². The molecule has 0 aliphatic heterocycles. The van der Waals surface area contributed by atoms with Crippen LogP contribution in [0.15, 0.2) is 47.0 Å². The highest BCUT2D eigenvalue weighted by Crippen LogP contribution is 2.57. The number of halogens is 3. The predicted molar refractivity (Wildman–Crippen MR) is 112 cm³/mol. The zero-order valence-corrected chi connectivity index (χ0v) is 17.7. The first-order chi connectivity index (χ1) is 16.2. The molecule has 2 aromatic heterocycles. The van der Waals surface area contributed by atoms with Gasteiger partial charge in [0.05, 0.1) is 0 Å². The lowest BCUT2D eigenvalue weighted by atomic mass is 9.53. The summed E-state index contributed by atoms with van der Waals surface area (Å²) in [7, 11) is 0. The number of hydrogen-bond donors (Lipinski definition) is 2. The molecule has 2 aliphatic carbocycles. The van der Waals surface area contributed by atoms with Gasteiger partial charge in [0.25, 0.3) is 5.91 Å². The molecule has 0 bridgehead atoms. The van der Waals surface area contributed by atoms with E-state index in [4.69, 9.17) is 14.9 Å². The number of primary amides is 1. The van der Waals surface area contributed by atoms with Crippen LogP contribution in [-0.4, -0.2) is 39.6 Å². The molecule has 178 valence electrons. The van der Waals surface area contributed by atoms with Gasteiger partial charge in [-0.05, 0) is 67.5 Å². The second-order valence-corrected chi connectivity index (χ2v) is 8.60. The van der Waals surface area contributed by atoms with Crippen molar-refractivity contribution in [3.8, 4) is 23.1 Å². The summed E-state index contributed by atoms with van der Waals surface area (Å²) < 4.78 is 52.2. The van der Waals surface area contributed by atoms with Crippen molar-refractivity contribution in [3.05, 3.63) is 48.2 Å². The van der Waals surface area contributed by atoms with Crippen molar-refractivity contribution < 1.29 is 31.9 Å². The summed E-state index contributed by atoms with van der Waals surface area (Å²) in [6.45, 7) is 0. The minimum atomic E-state index is -4.75. The zero-order chi connectivity index (χ0) is 23.9. The summed E-state index contributed by atoms with van der Waals surface area (Å²) in [4.78, 5) is 15.6. The van der Waals surface area contributed by atoms with Crippen LogP contribution in [0.2, 0.25) is 0 Å². The molecule has 1 amide bonds. The van der Waals surface area contributed by atoms with Crippen molar-refractivity contribution in [1.29, 1.82) is 0 Å². The average Bonchev–Trinajstić information content (AvgIpc) is 3.19. The molecule has 2 saturated carbocycles. The van der Waals surface area contributed by atoms with Gasteiger partial charge in [-0.15, -0.1) is 18.3 Å². The van der Waals surface area contributed by atoms with E-state index in [-0.39, 0.29) is 46.7 Å². The van der Waals surface area contributed by atoms with Crippen molar-refractivity contribution in [2.75, 3.05) is 5.32 Å². The number of aromatic nitrogens is 3. The van der Waals surface area contributed by atoms with Crippen LogP contribution in [0.25, 0.3) is 11.5 Å². The molecule has 2 fully saturated rings. The number of nitrogens with two attached hydrogens (primary N) is 1. The van der Waals surface area contributed by atoms with E-state index in [0.717, 1.165) is 25.7 Å². The number of carbonyl (C=O) groups is 1. The van der Waals surface area contributed by atoms with E-state index < -0.39 is 12.3 Å². The number of nitrogens with zero attached hydrogens (tertiary/aromatic N) is 3. The predicted octanol–water partition coefficient (Wildman–Crippen LogP) is 3.93. The van der Waals surface area contributed by atoms with Crippen molar-refractivity contribution >= 4 is 11.9 Å². The highest BCUT2D eigenvalue weighted by atomic mass is 19.4. The Bertz CT molecular complexity index is 1180.